The number of imide groups is 1. The number of carbonyl (C=O) groups excluding carboxylic acids is 3. The predicted molar refractivity (Wildman–Crippen MR) is 98.9 cm³/mol. The van der Waals surface area contributed by atoms with Crippen molar-refractivity contribution in [3.8, 4) is 0 Å². The van der Waals surface area contributed by atoms with Gasteiger partial charge in [-0.15, -0.1) is 11.3 Å². The highest BCUT2D eigenvalue weighted by Gasteiger charge is 2.57. The second-order valence-electron chi connectivity index (χ2n) is 6.45. The molecule has 0 aliphatic carbocycles. The zero-order chi connectivity index (χ0) is 20.2. The number of aryl methyl sites for hydroxylation is 1. The number of oxime groups is 1. The molecule has 0 unspecified atom stereocenters. The van der Waals surface area contributed by atoms with Crippen LogP contribution in [0.5, 0.6) is 0 Å². The van der Waals surface area contributed by atoms with Gasteiger partial charge in [-0.25, -0.2) is 14.1 Å². The average molecular weight is 402 g/mol. The summed E-state index contributed by atoms with van der Waals surface area (Å²) in [4.78, 5) is 45.3. The molecule has 28 heavy (non-hydrogen) atoms. The van der Waals surface area contributed by atoms with Crippen molar-refractivity contribution >= 4 is 39.8 Å². The van der Waals surface area contributed by atoms with E-state index in [1.165, 1.54) is 42.7 Å². The number of carbonyl (C=O) groups is 3. The molecule has 0 saturated carbocycles. The second-order valence-corrected chi connectivity index (χ2v) is 7.66. The van der Waals surface area contributed by atoms with E-state index in [4.69, 9.17) is 9.57 Å². The molecular weight excluding hydrogens is 387 g/mol. The summed E-state index contributed by atoms with van der Waals surface area (Å²) in [6, 6.07) is 5.43. The molecule has 7 nitrogen and oxygen atoms in total. The van der Waals surface area contributed by atoms with Crippen LogP contribution < -0.4 is 4.90 Å². The van der Waals surface area contributed by atoms with E-state index in [1.54, 1.807) is 13.8 Å². The highest BCUT2D eigenvalue weighted by Crippen LogP contribution is 2.42. The normalized spacial score (nSPS) is 20.9. The van der Waals surface area contributed by atoms with E-state index < -0.39 is 35.6 Å². The zero-order valence-electron chi connectivity index (χ0n) is 15.2. The molecule has 2 aliphatic rings. The summed E-state index contributed by atoms with van der Waals surface area (Å²) in [6.45, 7) is 3.53. The van der Waals surface area contributed by atoms with Crippen LogP contribution in [0.1, 0.15) is 26.4 Å². The molecule has 1 fully saturated rings. The topological polar surface area (TPSA) is 85.3 Å². The number of methoxy groups -OCH3 is 1. The fourth-order valence-electron chi connectivity index (χ4n) is 3.35. The first-order chi connectivity index (χ1) is 13.3. The minimum atomic E-state index is -1.11. The molecule has 0 bridgehead atoms. The number of thiophene rings is 1. The number of halogens is 1. The molecule has 2 atom stereocenters. The third-order valence-corrected chi connectivity index (χ3v) is 6.10. The van der Waals surface area contributed by atoms with E-state index in [1.807, 2.05) is 0 Å². The van der Waals surface area contributed by atoms with Crippen molar-refractivity contribution in [1.29, 1.82) is 0 Å². The van der Waals surface area contributed by atoms with E-state index >= 15 is 0 Å². The SMILES string of the molecule is COC(=O)c1c(N2C(=O)[C@@H]3C(c4ccc(F)cc4)=NO[C@@H]3C2=O)sc(C)c1C. The van der Waals surface area contributed by atoms with Crippen molar-refractivity contribution in [3.63, 3.8) is 0 Å². The Morgan fingerprint density at radius 3 is 2.54 bits per heavy atom. The van der Waals surface area contributed by atoms with E-state index in [2.05, 4.69) is 5.16 Å². The quantitative estimate of drug-likeness (QED) is 0.582. The summed E-state index contributed by atoms with van der Waals surface area (Å²) >= 11 is 1.17. The largest absolute Gasteiger partial charge is 0.465 e. The van der Waals surface area contributed by atoms with Crippen molar-refractivity contribution in [3.05, 3.63) is 51.7 Å². The van der Waals surface area contributed by atoms with Crippen molar-refractivity contribution in [2.24, 2.45) is 11.1 Å². The maximum Gasteiger partial charge on any atom is 0.341 e. The molecule has 144 valence electrons. The molecular formula is C19H15FN2O5S. The highest BCUT2D eigenvalue weighted by molar-refractivity contribution is 7.17. The molecule has 1 aromatic heterocycles. The maximum atomic E-state index is 13.2. The summed E-state index contributed by atoms with van der Waals surface area (Å²) in [6.07, 6.45) is -1.11. The second kappa shape index (κ2) is 6.52. The van der Waals surface area contributed by atoms with Crippen LogP contribution in [0.4, 0.5) is 9.39 Å². The number of amides is 2. The summed E-state index contributed by atoms with van der Waals surface area (Å²) in [5.41, 5.74) is 1.59. The van der Waals surface area contributed by atoms with Gasteiger partial charge in [0, 0.05) is 10.4 Å². The standard InChI is InChI=1S/C19H15FN2O5S/c1-8-9(2)28-18(12(8)19(25)26-3)22-16(23)13-14(21-27-15(13)17(22)24)10-4-6-11(20)7-5-10/h4-7,13,15H,1-3H3/t13-,15+/m1/s1. The van der Waals surface area contributed by atoms with Gasteiger partial charge in [0.1, 0.15) is 22.4 Å². The summed E-state index contributed by atoms with van der Waals surface area (Å²) in [7, 11) is 1.24. The Balaban J connectivity index is 1.76. The lowest BCUT2D eigenvalue weighted by molar-refractivity contribution is -0.126. The summed E-state index contributed by atoms with van der Waals surface area (Å²) < 4.78 is 18.0. The zero-order valence-corrected chi connectivity index (χ0v) is 16.0. The number of esters is 1. The van der Waals surface area contributed by atoms with Gasteiger partial charge in [-0.1, -0.05) is 17.3 Å². The van der Waals surface area contributed by atoms with Gasteiger partial charge in [0.15, 0.2) is 0 Å². The van der Waals surface area contributed by atoms with Crippen molar-refractivity contribution in [2.45, 2.75) is 20.0 Å². The van der Waals surface area contributed by atoms with E-state index in [-0.39, 0.29) is 16.3 Å². The molecule has 1 saturated heterocycles. The average Bonchev–Trinajstić information content (AvgIpc) is 3.30. The van der Waals surface area contributed by atoms with Crippen LogP contribution in [0.15, 0.2) is 29.4 Å². The van der Waals surface area contributed by atoms with Gasteiger partial charge in [0.25, 0.3) is 5.91 Å². The fourth-order valence-corrected chi connectivity index (χ4v) is 4.50. The van der Waals surface area contributed by atoms with Crippen LogP contribution in [0.25, 0.3) is 0 Å². The Labute approximate surface area is 163 Å². The smallest absolute Gasteiger partial charge is 0.341 e. The molecule has 0 N–H and O–H groups in total. The first-order valence-corrected chi connectivity index (χ1v) is 9.22. The molecule has 3 heterocycles. The Hall–Kier alpha value is -3.07. The van der Waals surface area contributed by atoms with Gasteiger partial charge >= 0.3 is 5.97 Å². The fraction of sp³-hybridized carbons (Fsp3) is 0.263. The Morgan fingerprint density at radius 2 is 1.89 bits per heavy atom. The number of anilines is 1. The van der Waals surface area contributed by atoms with E-state index in [0.717, 1.165) is 9.78 Å². The third kappa shape index (κ3) is 2.54. The minimum absolute atomic E-state index is 0.187. The molecule has 0 radical (unpaired) electrons. The van der Waals surface area contributed by atoms with Gasteiger partial charge < -0.3 is 9.57 Å². The van der Waals surface area contributed by atoms with E-state index in [0.29, 0.717) is 11.1 Å². The first-order valence-electron chi connectivity index (χ1n) is 8.41. The van der Waals surface area contributed by atoms with Crippen molar-refractivity contribution in [1.82, 2.24) is 0 Å². The summed E-state index contributed by atoms with van der Waals surface area (Å²) in [5.74, 6) is -3.14. The molecule has 2 aliphatic heterocycles. The van der Waals surface area contributed by atoms with E-state index in [9.17, 15) is 18.8 Å². The third-order valence-electron chi connectivity index (χ3n) is 4.91. The van der Waals surface area contributed by atoms with Crippen LogP contribution in [0.2, 0.25) is 0 Å². The highest BCUT2D eigenvalue weighted by atomic mass is 32.1. The van der Waals surface area contributed by atoms with Gasteiger partial charge in [-0.3, -0.25) is 9.59 Å². The number of ether oxygens (including phenoxy) is 1. The Morgan fingerprint density at radius 1 is 1.21 bits per heavy atom. The molecule has 9 heteroatoms. The number of benzene rings is 1. The van der Waals surface area contributed by atoms with Crippen molar-refractivity contribution in [2.75, 3.05) is 12.0 Å². The molecule has 1 aromatic carbocycles. The van der Waals surface area contributed by atoms with Crippen LogP contribution in [-0.4, -0.2) is 36.7 Å². The van der Waals surface area contributed by atoms with Crippen LogP contribution in [-0.2, 0) is 19.2 Å². The molecule has 0 spiro atoms. The Kier molecular flexibility index (Phi) is 4.26. The van der Waals surface area contributed by atoms with Gasteiger partial charge in [-0.2, -0.15) is 0 Å². The first kappa shape index (κ1) is 18.3. The number of hydrogen-bond acceptors (Lipinski definition) is 7. The number of rotatable bonds is 3. The van der Waals surface area contributed by atoms with Crippen LogP contribution >= 0.6 is 11.3 Å². The lowest BCUT2D eigenvalue weighted by atomic mass is 9.94. The number of nitrogens with zero attached hydrogens (tertiary/aromatic N) is 2. The molecule has 2 aromatic rings. The maximum absolute atomic E-state index is 13.2. The Bertz CT molecular complexity index is 1040. The number of fused-ring (bicyclic) bond motifs is 1. The summed E-state index contributed by atoms with van der Waals surface area (Å²) in [5, 5.41) is 4.10. The number of hydrogen-bond donors (Lipinski definition) is 0. The van der Waals surface area contributed by atoms with Crippen LogP contribution in [0.3, 0.4) is 0 Å². The minimum Gasteiger partial charge on any atom is -0.465 e. The van der Waals surface area contributed by atoms with Gasteiger partial charge in [0.05, 0.1) is 12.7 Å². The lowest BCUT2D eigenvalue weighted by Gasteiger charge is -2.15. The van der Waals surface area contributed by atoms with Crippen molar-refractivity contribution < 1.29 is 28.3 Å². The monoisotopic (exact) mass is 402 g/mol. The lowest BCUT2D eigenvalue weighted by Crippen LogP contribution is -2.33. The molecule has 2 amide bonds. The van der Waals surface area contributed by atoms with Gasteiger partial charge in [0.2, 0.25) is 12.0 Å². The van der Waals surface area contributed by atoms with Crippen LogP contribution in [0, 0.1) is 25.6 Å². The predicted octanol–water partition coefficient (Wildman–Crippen LogP) is 2.58. The van der Waals surface area contributed by atoms with Gasteiger partial charge in [-0.05, 0) is 31.5 Å². The molecule has 4 rings (SSSR count).